The van der Waals surface area contributed by atoms with E-state index >= 15 is 0 Å². The van der Waals surface area contributed by atoms with Crippen LogP contribution in [0.25, 0.3) is 11.3 Å². The summed E-state index contributed by atoms with van der Waals surface area (Å²) in [6.45, 7) is 8.20. The van der Waals surface area contributed by atoms with Gasteiger partial charge in [0.05, 0.1) is 12.8 Å². The number of ether oxygens (including phenoxy) is 1. The normalized spacial score (nSPS) is 10.9. The number of aryl methyl sites for hydroxylation is 2. The molecule has 0 aliphatic rings. The molecule has 2 rings (SSSR count). The Morgan fingerprint density at radius 2 is 1.80 bits per heavy atom. The van der Waals surface area contributed by atoms with Gasteiger partial charge in [-0.2, -0.15) is 0 Å². The van der Waals surface area contributed by atoms with Gasteiger partial charge in [0.25, 0.3) is 0 Å². The van der Waals surface area contributed by atoms with Crippen molar-refractivity contribution in [2.24, 2.45) is 0 Å². The molecule has 1 heterocycles. The monoisotopic (exact) mass is 290 g/mol. The van der Waals surface area contributed by atoms with Gasteiger partial charge in [-0.15, -0.1) is 0 Å². The van der Waals surface area contributed by atoms with Crippen LogP contribution in [0.5, 0.6) is 5.75 Å². The van der Waals surface area contributed by atoms with E-state index in [1.54, 1.807) is 13.2 Å². The molecule has 1 aromatic heterocycles. The van der Waals surface area contributed by atoms with Crippen LogP contribution in [0.2, 0.25) is 5.15 Å². The highest BCUT2D eigenvalue weighted by Gasteiger charge is 2.15. The number of hydrogen-bond donors (Lipinski definition) is 0. The van der Waals surface area contributed by atoms with Gasteiger partial charge < -0.3 is 4.74 Å². The van der Waals surface area contributed by atoms with Crippen LogP contribution >= 0.6 is 11.6 Å². The molecule has 0 aliphatic heterocycles. The van der Waals surface area contributed by atoms with E-state index in [2.05, 4.69) is 36.8 Å². The third kappa shape index (κ3) is 2.93. The van der Waals surface area contributed by atoms with Gasteiger partial charge in [-0.25, -0.2) is 9.97 Å². The van der Waals surface area contributed by atoms with E-state index in [1.807, 2.05) is 13.0 Å². The molecule has 20 heavy (non-hydrogen) atoms. The lowest BCUT2D eigenvalue weighted by atomic mass is 10.0. The number of aromatic nitrogens is 2. The van der Waals surface area contributed by atoms with E-state index < -0.39 is 0 Å². The van der Waals surface area contributed by atoms with Crippen LogP contribution in [0.1, 0.15) is 36.7 Å². The number of methoxy groups -OCH3 is 1. The molecule has 1 aromatic carbocycles. The van der Waals surface area contributed by atoms with E-state index in [1.165, 1.54) is 0 Å². The largest absolute Gasteiger partial charge is 0.496 e. The van der Waals surface area contributed by atoms with Crippen molar-refractivity contribution in [3.8, 4) is 17.0 Å². The molecule has 3 nitrogen and oxygen atoms in total. The zero-order valence-electron chi connectivity index (χ0n) is 12.5. The predicted molar refractivity (Wildman–Crippen MR) is 82.6 cm³/mol. The van der Waals surface area contributed by atoms with Crippen LogP contribution in [-0.4, -0.2) is 17.1 Å². The minimum Gasteiger partial charge on any atom is -0.496 e. The zero-order valence-corrected chi connectivity index (χ0v) is 13.2. The summed E-state index contributed by atoms with van der Waals surface area (Å²) in [5.74, 6) is 1.78. The molecule has 0 amide bonds. The predicted octanol–water partition coefficient (Wildman–Crippen LogP) is 4.55. The molecule has 0 fully saturated rings. The highest BCUT2D eigenvalue weighted by molar-refractivity contribution is 6.29. The lowest BCUT2D eigenvalue weighted by Gasteiger charge is -2.14. The average Bonchev–Trinajstić information content (AvgIpc) is 2.36. The highest BCUT2D eigenvalue weighted by Crippen LogP contribution is 2.34. The average molecular weight is 291 g/mol. The lowest BCUT2D eigenvalue weighted by molar-refractivity contribution is 0.415. The Kier molecular flexibility index (Phi) is 4.29. The summed E-state index contributed by atoms with van der Waals surface area (Å²) in [5.41, 5.74) is 4.06. The maximum atomic E-state index is 6.13. The van der Waals surface area contributed by atoms with E-state index in [9.17, 15) is 0 Å². The number of rotatable bonds is 3. The van der Waals surface area contributed by atoms with E-state index in [4.69, 9.17) is 16.3 Å². The summed E-state index contributed by atoms with van der Waals surface area (Å²) in [4.78, 5) is 8.90. The van der Waals surface area contributed by atoms with Gasteiger partial charge in [-0.3, -0.25) is 0 Å². The maximum Gasteiger partial charge on any atom is 0.133 e. The zero-order chi connectivity index (χ0) is 14.9. The first-order chi connectivity index (χ1) is 9.42. The molecule has 4 heteroatoms. The Bertz CT molecular complexity index is 639. The summed E-state index contributed by atoms with van der Waals surface area (Å²) < 4.78 is 5.50. The third-order valence-electron chi connectivity index (χ3n) is 3.15. The Hall–Kier alpha value is -1.61. The fourth-order valence-electron chi connectivity index (χ4n) is 2.24. The van der Waals surface area contributed by atoms with Crippen molar-refractivity contribution < 1.29 is 4.74 Å². The smallest absolute Gasteiger partial charge is 0.133 e. The molecular formula is C16H19ClN2O. The number of hydrogen-bond acceptors (Lipinski definition) is 3. The van der Waals surface area contributed by atoms with Gasteiger partial charge >= 0.3 is 0 Å². The number of nitrogens with zero attached hydrogens (tertiary/aromatic N) is 2. The molecule has 0 saturated heterocycles. The van der Waals surface area contributed by atoms with Crippen LogP contribution in [0, 0.1) is 13.8 Å². The molecule has 0 aliphatic carbocycles. The van der Waals surface area contributed by atoms with Gasteiger partial charge in [0, 0.05) is 17.5 Å². The fraction of sp³-hybridized carbons (Fsp3) is 0.375. The van der Waals surface area contributed by atoms with E-state index in [0.29, 0.717) is 5.15 Å². The molecule has 106 valence electrons. The van der Waals surface area contributed by atoms with Crippen molar-refractivity contribution in [3.05, 3.63) is 40.3 Å². The molecule has 0 saturated carbocycles. The van der Waals surface area contributed by atoms with Crippen molar-refractivity contribution in [3.63, 3.8) is 0 Å². The third-order valence-corrected chi connectivity index (χ3v) is 3.34. The molecule has 2 aromatic rings. The van der Waals surface area contributed by atoms with Crippen LogP contribution in [0.4, 0.5) is 0 Å². The van der Waals surface area contributed by atoms with Crippen molar-refractivity contribution >= 4 is 11.6 Å². The Labute approximate surface area is 125 Å². The minimum absolute atomic E-state index is 0.226. The maximum absolute atomic E-state index is 6.13. The molecule has 0 unspecified atom stereocenters. The second-order valence-electron chi connectivity index (χ2n) is 5.25. The Morgan fingerprint density at radius 1 is 1.10 bits per heavy atom. The van der Waals surface area contributed by atoms with Crippen LogP contribution < -0.4 is 4.74 Å². The van der Waals surface area contributed by atoms with Crippen LogP contribution in [0.15, 0.2) is 18.2 Å². The van der Waals surface area contributed by atoms with Crippen molar-refractivity contribution in [2.75, 3.05) is 7.11 Å². The van der Waals surface area contributed by atoms with Gasteiger partial charge in [-0.05, 0) is 31.0 Å². The number of benzene rings is 1. The summed E-state index contributed by atoms with van der Waals surface area (Å²) in [5, 5.41) is 0.459. The number of halogens is 1. The van der Waals surface area contributed by atoms with Gasteiger partial charge in [-0.1, -0.05) is 31.5 Å². The minimum atomic E-state index is 0.226. The summed E-state index contributed by atoms with van der Waals surface area (Å²) in [6.07, 6.45) is 0. The molecule has 0 radical (unpaired) electrons. The van der Waals surface area contributed by atoms with E-state index in [-0.39, 0.29) is 5.92 Å². The van der Waals surface area contributed by atoms with E-state index in [0.717, 1.165) is 34.0 Å². The SMILES string of the molecule is COc1cc(C)cc(C)c1-c1cc(Cl)nc(C(C)C)n1. The van der Waals surface area contributed by atoms with Gasteiger partial charge in [0.1, 0.15) is 16.7 Å². The van der Waals surface area contributed by atoms with Crippen LogP contribution in [-0.2, 0) is 0 Å². The standard InChI is InChI=1S/C16H19ClN2O/c1-9(2)16-18-12(8-14(17)19-16)15-11(4)6-10(3)7-13(15)20-5/h6-9H,1-5H3. The molecule has 0 bridgehead atoms. The summed E-state index contributed by atoms with van der Waals surface area (Å²) >= 11 is 6.13. The fourth-order valence-corrected chi connectivity index (χ4v) is 2.43. The van der Waals surface area contributed by atoms with Crippen LogP contribution in [0.3, 0.4) is 0 Å². The molecule has 0 spiro atoms. The first kappa shape index (κ1) is 14.8. The molecule has 0 N–H and O–H groups in total. The summed E-state index contributed by atoms with van der Waals surface area (Å²) in [7, 11) is 1.67. The van der Waals surface area contributed by atoms with Crippen molar-refractivity contribution in [1.29, 1.82) is 0 Å². The molecular weight excluding hydrogens is 272 g/mol. The van der Waals surface area contributed by atoms with Crippen molar-refractivity contribution in [2.45, 2.75) is 33.6 Å². The second kappa shape index (κ2) is 5.80. The van der Waals surface area contributed by atoms with Crippen molar-refractivity contribution in [1.82, 2.24) is 9.97 Å². The quantitative estimate of drug-likeness (QED) is 0.778. The first-order valence-corrected chi connectivity index (χ1v) is 7.00. The van der Waals surface area contributed by atoms with Gasteiger partial charge in [0.2, 0.25) is 0 Å². The first-order valence-electron chi connectivity index (χ1n) is 6.62. The highest BCUT2D eigenvalue weighted by atomic mass is 35.5. The Morgan fingerprint density at radius 3 is 2.40 bits per heavy atom. The Balaban J connectivity index is 2.68. The van der Waals surface area contributed by atoms with Gasteiger partial charge in [0.15, 0.2) is 0 Å². The molecule has 0 atom stereocenters. The topological polar surface area (TPSA) is 35.0 Å². The lowest BCUT2D eigenvalue weighted by Crippen LogP contribution is -2.01. The summed E-state index contributed by atoms with van der Waals surface area (Å²) in [6, 6.07) is 5.91. The second-order valence-corrected chi connectivity index (χ2v) is 5.64.